The van der Waals surface area contributed by atoms with Crippen LogP contribution in [0.4, 0.5) is 0 Å². The molecule has 1 unspecified atom stereocenters. The predicted molar refractivity (Wildman–Crippen MR) is 72.4 cm³/mol. The Balaban J connectivity index is 2.01. The number of hydrogen-bond acceptors (Lipinski definition) is 5. The summed E-state index contributed by atoms with van der Waals surface area (Å²) >= 11 is 0. The van der Waals surface area contributed by atoms with E-state index in [1.807, 2.05) is 6.92 Å². The van der Waals surface area contributed by atoms with Crippen LogP contribution in [0.2, 0.25) is 0 Å². The molecule has 2 aromatic rings. The molecule has 2 N–H and O–H groups in total. The van der Waals surface area contributed by atoms with Crippen molar-refractivity contribution in [3.63, 3.8) is 0 Å². The van der Waals surface area contributed by atoms with Crippen LogP contribution in [0.15, 0.2) is 18.5 Å². The standard InChI is InChI=1S/C14H17N5/c1-9-11-7-10(8-15)3-4-12(11)19-14(18-9)13-16-5-2-6-17-13/h2,5-6,10H,3-4,7-8,15H2,1H3. The summed E-state index contributed by atoms with van der Waals surface area (Å²) in [6.07, 6.45) is 6.50. The van der Waals surface area contributed by atoms with E-state index in [4.69, 9.17) is 5.73 Å². The van der Waals surface area contributed by atoms with Crippen molar-refractivity contribution in [3.05, 3.63) is 35.4 Å². The van der Waals surface area contributed by atoms with Crippen molar-refractivity contribution in [2.75, 3.05) is 6.54 Å². The third-order valence-electron chi connectivity index (χ3n) is 3.68. The van der Waals surface area contributed by atoms with Crippen LogP contribution in [-0.4, -0.2) is 26.5 Å². The topological polar surface area (TPSA) is 77.6 Å². The van der Waals surface area contributed by atoms with Gasteiger partial charge in [-0.1, -0.05) is 0 Å². The monoisotopic (exact) mass is 255 g/mol. The van der Waals surface area contributed by atoms with Gasteiger partial charge in [-0.25, -0.2) is 19.9 Å². The van der Waals surface area contributed by atoms with Crippen LogP contribution in [0.5, 0.6) is 0 Å². The zero-order chi connectivity index (χ0) is 13.2. The number of nitrogens with zero attached hydrogens (tertiary/aromatic N) is 4. The fraction of sp³-hybridized carbons (Fsp3) is 0.429. The number of nitrogens with two attached hydrogens (primary N) is 1. The molecule has 98 valence electrons. The lowest BCUT2D eigenvalue weighted by atomic mass is 9.86. The highest BCUT2D eigenvalue weighted by Gasteiger charge is 2.22. The maximum absolute atomic E-state index is 5.77. The fourth-order valence-electron chi connectivity index (χ4n) is 2.58. The molecule has 5 heteroatoms. The lowest BCUT2D eigenvalue weighted by Crippen LogP contribution is -2.24. The van der Waals surface area contributed by atoms with Crippen molar-refractivity contribution < 1.29 is 0 Å². The van der Waals surface area contributed by atoms with Crippen LogP contribution in [0.1, 0.15) is 23.4 Å². The SMILES string of the molecule is Cc1nc(-c2ncccn2)nc2c1CC(CN)CC2. The van der Waals surface area contributed by atoms with Gasteiger partial charge >= 0.3 is 0 Å². The zero-order valence-corrected chi connectivity index (χ0v) is 11.0. The Morgan fingerprint density at radius 1 is 1.21 bits per heavy atom. The van der Waals surface area contributed by atoms with Crippen LogP contribution in [-0.2, 0) is 12.8 Å². The molecule has 2 heterocycles. The van der Waals surface area contributed by atoms with E-state index in [1.54, 1.807) is 18.5 Å². The quantitative estimate of drug-likeness (QED) is 0.875. The summed E-state index contributed by atoms with van der Waals surface area (Å²) in [5.41, 5.74) is 9.21. The normalized spacial score (nSPS) is 18.1. The second-order valence-electron chi connectivity index (χ2n) is 4.97. The van der Waals surface area contributed by atoms with E-state index in [0.717, 1.165) is 37.2 Å². The number of hydrogen-bond donors (Lipinski definition) is 1. The largest absolute Gasteiger partial charge is 0.330 e. The third kappa shape index (κ3) is 2.33. The van der Waals surface area contributed by atoms with Crippen molar-refractivity contribution in [2.24, 2.45) is 11.7 Å². The first-order chi connectivity index (χ1) is 9.28. The van der Waals surface area contributed by atoms with Crippen molar-refractivity contribution in [2.45, 2.75) is 26.2 Å². The summed E-state index contributed by atoms with van der Waals surface area (Å²) in [5, 5.41) is 0. The first kappa shape index (κ1) is 12.2. The van der Waals surface area contributed by atoms with Crippen molar-refractivity contribution in [3.8, 4) is 11.6 Å². The Morgan fingerprint density at radius 2 is 2.00 bits per heavy atom. The van der Waals surface area contributed by atoms with Gasteiger partial charge in [-0.2, -0.15) is 0 Å². The average Bonchev–Trinajstić information content (AvgIpc) is 2.48. The van der Waals surface area contributed by atoms with Crippen LogP contribution in [0.3, 0.4) is 0 Å². The fourth-order valence-corrected chi connectivity index (χ4v) is 2.58. The molecule has 0 bridgehead atoms. The number of fused-ring (bicyclic) bond motifs is 1. The Bertz CT molecular complexity index is 582. The van der Waals surface area contributed by atoms with Gasteiger partial charge in [-0.05, 0) is 50.3 Å². The maximum atomic E-state index is 5.77. The Morgan fingerprint density at radius 3 is 2.74 bits per heavy atom. The van der Waals surface area contributed by atoms with Crippen LogP contribution >= 0.6 is 0 Å². The first-order valence-electron chi connectivity index (χ1n) is 6.61. The summed E-state index contributed by atoms with van der Waals surface area (Å²) < 4.78 is 0. The molecule has 0 spiro atoms. The molecule has 3 rings (SSSR count). The average molecular weight is 255 g/mol. The van der Waals surface area contributed by atoms with Crippen molar-refractivity contribution in [1.82, 2.24) is 19.9 Å². The summed E-state index contributed by atoms with van der Waals surface area (Å²) in [6.45, 7) is 2.77. The summed E-state index contributed by atoms with van der Waals surface area (Å²) in [6, 6.07) is 1.79. The number of aromatic nitrogens is 4. The highest BCUT2D eigenvalue weighted by atomic mass is 15.0. The lowest BCUT2D eigenvalue weighted by Gasteiger charge is -2.24. The van der Waals surface area contributed by atoms with Crippen molar-refractivity contribution in [1.29, 1.82) is 0 Å². The summed E-state index contributed by atoms with van der Waals surface area (Å²) in [7, 11) is 0. The number of rotatable bonds is 2. The second-order valence-corrected chi connectivity index (χ2v) is 4.97. The van der Waals surface area contributed by atoms with Gasteiger partial charge in [0.1, 0.15) is 0 Å². The molecular weight excluding hydrogens is 238 g/mol. The second kappa shape index (κ2) is 5.01. The molecular formula is C14H17N5. The molecule has 1 aliphatic carbocycles. The molecule has 5 nitrogen and oxygen atoms in total. The van der Waals surface area contributed by atoms with Crippen LogP contribution in [0, 0.1) is 12.8 Å². The molecule has 0 saturated carbocycles. The van der Waals surface area contributed by atoms with Gasteiger partial charge in [0.15, 0.2) is 11.6 Å². The van der Waals surface area contributed by atoms with E-state index in [1.165, 1.54) is 5.56 Å². The minimum Gasteiger partial charge on any atom is -0.330 e. The summed E-state index contributed by atoms with van der Waals surface area (Å²) in [5.74, 6) is 1.78. The van der Waals surface area contributed by atoms with E-state index >= 15 is 0 Å². The Hall–Kier alpha value is -1.88. The molecule has 2 aromatic heterocycles. The van der Waals surface area contributed by atoms with E-state index in [9.17, 15) is 0 Å². The van der Waals surface area contributed by atoms with Gasteiger partial charge in [0.25, 0.3) is 0 Å². The van der Waals surface area contributed by atoms with Gasteiger partial charge in [0.05, 0.1) is 0 Å². The Kier molecular flexibility index (Phi) is 3.21. The number of aryl methyl sites for hydroxylation is 2. The molecule has 0 radical (unpaired) electrons. The van der Waals surface area contributed by atoms with E-state index in [0.29, 0.717) is 17.6 Å². The van der Waals surface area contributed by atoms with Gasteiger partial charge in [-0.15, -0.1) is 0 Å². The molecule has 0 saturated heterocycles. The van der Waals surface area contributed by atoms with Gasteiger partial charge in [0.2, 0.25) is 0 Å². The molecule has 0 aliphatic heterocycles. The highest BCUT2D eigenvalue weighted by molar-refractivity contribution is 5.45. The first-order valence-corrected chi connectivity index (χ1v) is 6.61. The smallest absolute Gasteiger partial charge is 0.198 e. The minimum absolute atomic E-state index is 0.564. The highest BCUT2D eigenvalue weighted by Crippen LogP contribution is 2.26. The van der Waals surface area contributed by atoms with Crippen LogP contribution in [0.25, 0.3) is 11.6 Å². The maximum Gasteiger partial charge on any atom is 0.198 e. The molecule has 0 fully saturated rings. The lowest BCUT2D eigenvalue weighted by molar-refractivity contribution is 0.460. The van der Waals surface area contributed by atoms with E-state index < -0.39 is 0 Å². The molecule has 1 aliphatic rings. The molecule has 0 aromatic carbocycles. The zero-order valence-electron chi connectivity index (χ0n) is 11.0. The Labute approximate surface area is 112 Å². The third-order valence-corrected chi connectivity index (χ3v) is 3.68. The van der Waals surface area contributed by atoms with E-state index in [2.05, 4.69) is 19.9 Å². The van der Waals surface area contributed by atoms with Crippen molar-refractivity contribution >= 4 is 0 Å². The molecule has 1 atom stereocenters. The van der Waals surface area contributed by atoms with E-state index in [-0.39, 0.29) is 0 Å². The molecule has 0 amide bonds. The minimum atomic E-state index is 0.564. The van der Waals surface area contributed by atoms with Crippen LogP contribution < -0.4 is 5.73 Å². The molecule has 19 heavy (non-hydrogen) atoms. The van der Waals surface area contributed by atoms with Gasteiger partial charge in [-0.3, -0.25) is 0 Å². The summed E-state index contributed by atoms with van der Waals surface area (Å²) in [4.78, 5) is 17.6. The predicted octanol–water partition coefficient (Wildman–Crippen LogP) is 1.31. The van der Waals surface area contributed by atoms with Gasteiger partial charge in [0, 0.05) is 23.8 Å². The van der Waals surface area contributed by atoms with Gasteiger partial charge < -0.3 is 5.73 Å².